The fourth-order valence-electron chi connectivity index (χ4n) is 2.60. The lowest BCUT2D eigenvalue weighted by Gasteiger charge is -2.29. The van der Waals surface area contributed by atoms with E-state index in [1.165, 1.54) is 16.7 Å². The van der Waals surface area contributed by atoms with Crippen molar-refractivity contribution >= 4 is 0 Å². The van der Waals surface area contributed by atoms with Crippen LogP contribution in [0.5, 0.6) is 0 Å². The predicted octanol–water partition coefficient (Wildman–Crippen LogP) is 4.16. The van der Waals surface area contributed by atoms with Crippen molar-refractivity contribution in [2.24, 2.45) is 0 Å². The van der Waals surface area contributed by atoms with Gasteiger partial charge in [0.25, 0.3) is 0 Å². The van der Waals surface area contributed by atoms with Gasteiger partial charge in [0.05, 0.1) is 12.1 Å². The standard InChI is InChI=1S/C17H29NO/c1-6-9-16(19-8-3)17(18-7-2)15-12-13(4)10-11-14(15)5/h10-12,16-18H,6-9H2,1-5H3. The number of benzene rings is 1. The fraction of sp³-hybridized carbons (Fsp3) is 0.647. The van der Waals surface area contributed by atoms with E-state index in [-0.39, 0.29) is 6.10 Å². The summed E-state index contributed by atoms with van der Waals surface area (Å²) in [6, 6.07) is 6.98. The van der Waals surface area contributed by atoms with Crippen molar-refractivity contribution in [3.63, 3.8) is 0 Å². The molecular formula is C17H29NO. The minimum absolute atomic E-state index is 0.260. The Balaban J connectivity index is 3.05. The average molecular weight is 263 g/mol. The maximum absolute atomic E-state index is 5.98. The number of nitrogens with one attached hydrogen (secondary N) is 1. The normalized spacial score (nSPS) is 14.4. The van der Waals surface area contributed by atoms with E-state index in [9.17, 15) is 0 Å². The molecule has 2 atom stereocenters. The van der Waals surface area contributed by atoms with Crippen LogP contribution in [0, 0.1) is 13.8 Å². The van der Waals surface area contributed by atoms with Crippen molar-refractivity contribution < 1.29 is 4.74 Å². The van der Waals surface area contributed by atoms with Gasteiger partial charge in [0.15, 0.2) is 0 Å². The first-order valence-corrected chi connectivity index (χ1v) is 7.56. The summed E-state index contributed by atoms with van der Waals surface area (Å²) >= 11 is 0. The number of ether oxygens (including phenoxy) is 1. The minimum atomic E-state index is 0.260. The van der Waals surface area contributed by atoms with Crippen LogP contribution in [-0.4, -0.2) is 19.3 Å². The topological polar surface area (TPSA) is 21.3 Å². The molecule has 1 aromatic rings. The third kappa shape index (κ3) is 4.63. The molecule has 1 aromatic carbocycles. The third-order valence-electron chi connectivity index (χ3n) is 3.52. The molecule has 0 saturated carbocycles. The molecule has 1 rings (SSSR count). The lowest BCUT2D eigenvalue weighted by atomic mass is 9.93. The molecule has 0 fully saturated rings. The number of likely N-dealkylation sites (N-methyl/N-ethyl adjacent to an activating group) is 1. The zero-order chi connectivity index (χ0) is 14.3. The Kier molecular flexibility index (Phi) is 7.11. The molecule has 0 heterocycles. The second-order valence-electron chi connectivity index (χ2n) is 5.18. The molecule has 0 amide bonds. The molecule has 0 aromatic heterocycles. The summed E-state index contributed by atoms with van der Waals surface area (Å²) in [7, 11) is 0. The quantitative estimate of drug-likeness (QED) is 0.760. The van der Waals surface area contributed by atoms with Crippen LogP contribution in [0.2, 0.25) is 0 Å². The highest BCUT2D eigenvalue weighted by atomic mass is 16.5. The van der Waals surface area contributed by atoms with Crippen LogP contribution in [0.1, 0.15) is 56.3 Å². The summed E-state index contributed by atoms with van der Waals surface area (Å²) in [5.74, 6) is 0. The van der Waals surface area contributed by atoms with Crippen molar-refractivity contribution in [3.8, 4) is 0 Å². The van der Waals surface area contributed by atoms with Gasteiger partial charge >= 0.3 is 0 Å². The summed E-state index contributed by atoms with van der Waals surface area (Å²) in [6.07, 6.45) is 2.51. The molecule has 0 bridgehead atoms. The molecule has 2 unspecified atom stereocenters. The number of hydrogen-bond donors (Lipinski definition) is 1. The first kappa shape index (κ1) is 16.2. The van der Waals surface area contributed by atoms with Gasteiger partial charge < -0.3 is 10.1 Å². The maximum Gasteiger partial charge on any atom is 0.0769 e. The summed E-state index contributed by atoms with van der Waals surface area (Å²) in [5.41, 5.74) is 4.04. The Morgan fingerprint density at radius 2 is 1.89 bits per heavy atom. The monoisotopic (exact) mass is 263 g/mol. The Bertz CT molecular complexity index is 370. The molecule has 0 spiro atoms. The highest BCUT2D eigenvalue weighted by molar-refractivity contribution is 5.33. The van der Waals surface area contributed by atoms with Crippen molar-refractivity contribution in [1.29, 1.82) is 0 Å². The van der Waals surface area contributed by atoms with E-state index in [4.69, 9.17) is 4.74 Å². The molecule has 1 N–H and O–H groups in total. The van der Waals surface area contributed by atoms with Crippen LogP contribution < -0.4 is 5.32 Å². The van der Waals surface area contributed by atoms with E-state index in [1.54, 1.807) is 0 Å². The van der Waals surface area contributed by atoms with E-state index < -0.39 is 0 Å². The van der Waals surface area contributed by atoms with E-state index in [0.29, 0.717) is 6.04 Å². The third-order valence-corrected chi connectivity index (χ3v) is 3.52. The van der Waals surface area contributed by atoms with Gasteiger partial charge in [-0.1, -0.05) is 44.0 Å². The van der Waals surface area contributed by atoms with Crippen LogP contribution in [0.4, 0.5) is 0 Å². The molecule has 2 nitrogen and oxygen atoms in total. The molecule has 108 valence electrons. The number of aryl methyl sites for hydroxylation is 2. The molecule has 2 heteroatoms. The van der Waals surface area contributed by atoms with Crippen molar-refractivity contribution in [3.05, 3.63) is 34.9 Å². The van der Waals surface area contributed by atoms with Gasteiger partial charge in [-0.05, 0) is 44.9 Å². The molecule has 19 heavy (non-hydrogen) atoms. The van der Waals surface area contributed by atoms with Crippen molar-refractivity contribution in [2.45, 2.75) is 59.6 Å². The van der Waals surface area contributed by atoms with Crippen LogP contribution in [-0.2, 0) is 4.74 Å². The van der Waals surface area contributed by atoms with Gasteiger partial charge in [0.2, 0.25) is 0 Å². The number of hydrogen-bond acceptors (Lipinski definition) is 2. The van der Waals surface area contributed by atoms with Gasteiger partial charge in [-0.15, -0.1) is 0 Å². The molecule has 0 aliphatic heterocycles. The van der Waals surface area contributed by atoms with Crippen molar-refractivity contribution in [2.75, 3.05) is 13.2 Å². The SMILES string of the molecule is CCCC(OCC)C(NCC)c1cc(C)ccc1C. The van der Waals surface area contributed by atoms with Crippen molar-refractivity contribution in [1.82, 2.24) is 5.32 Å². The largest absolute Gasteiger partial charge is 0.377 e. The molecule has 0 radical (unpaired) electrons. The lowest BCUT2D eigenvalue weighted by Crippen LogP contribution is -2.34. The Morgan fingerprint density at radius 1 is 1.16 bits per heavy atom. The molecular weight excluding hydrogens is 234 g/mol. The van der Waals surface area contributed by atoms with Gasteiger partial charge in [-0.3, -0.25) is 0 Å². The maximum atomic E-state index is 5.98. The number of rotatable bonds is 8. The predicted molar refractivity (Wildman–Crippen MR) is 82.7 cm³/mol. The Labute approximate surface area is 118 Å². The van der Waals surface area contributed by atoms with E-state index in [1.807, 2.05) is 0 Å². The first-order valence-electron chi connectivity index (χ1n) is 7.56. The van der Waals surface area contributed by atoms with Gasteiger partial charge in [-0.2, -0.15) is 0 Å². The van der Waals surface area contributed by atoms with Crippen LogP contribution in [0.3, 0.4) is 0 Å². The zero-order valence-electron chi connectivity index (χ0n) is 13.1. The van der Waals surface area contributed by atoms with Gasteiger partial charge in [0, 0.05) is 6.61 Å². The van der Waals surface area contributed by atoms with E-state index >= 15 is 0 Å². The molecule has 0 aliphatic carbocycles. The Morgan fingerprint density at radius 3 is 2.47 bits per heavy atom. The first-order chi connectivity index (χ1) is 9.13. The van der Waals surface area contributed by atoms with E-state index in [0.717, 1.165) is 26.0 Å². The highest BCUT2D eigenvalue weighted by Gasteiger charge is 2.23. The average Bonchev–Trinajstić information content (AvgIpc) is 2.39. The molecule has 0 aliphatic rings. The lowest BCUT2D eigenvalue weighted by molar-refractivity contribution is 0.0278. The summed E-state index contributed by atoms with van der Waals surface area (Å²) in [4.78, 5) is 0. The highest BCUT2D eigenvalue weighted by Crippen LogP contribution is 2.26. The summed E-state index contributed by atoms with van der Waals surface area (Å²) in [6.45, 7) is 12.5. The second-order valence-corrected chi connectivity index (χ2v) is 5.18. The smallest absolute Gasteiger partial charge is 0.0769 e. The minimum Gasteiger partial charge on any atom is -0.377 e. The van der Waals surface area contributed by atoms with Gasteiger partial charge in [0.1, 0.15) is 0 Å². The van der Waals surface area contributed by atoms with Crippen LogP contribution >= 0.6 is 0 Å². The zero-order valence-corrected chi connectivity index (χ0v) is 13.1. The molecule has 0 saturated heterocycles. The fourth-order valence-corrected chi connectivity index (χ4v) is 2.60. The van der Waals surface area contributed by atoms with E-state index in [2.05, 4.69) is 58.1 Å². The van der Waals surface area contributed by atoms with Crippen LogP contribution in [0.25, 0.3) is 0 Å². The summed E-state index contributed by atoms with van der Waals surface area (Å²) < 4.78 is 5.98. The summed E-state index contributed by atoms with van der Waals surface area (Å²) in [5, 5.41) is 3.61. The van der Waals surface area contributed by atoms with Crippen LogP contribution in [0.15, 0.2) is 18.2 Å². The van der Waals surface area contributed by atoms with Gasteiger partial charge in [-0.25, -0.2) is 0 Å². The second kappa shape index (κ2) is 8.34. The Hall–Kier alpha value is -0.860.